The monoisotopic (exact) mass is 347 g/mol. The molecule has 1 atom stereocenters. The van der Waals surface area contributed by atoms with E-state index in [1.54, 1.807) is 29.2 Å². The van der Waals surface area contributed by atoms with Gasteiger partial charge in [0.25, 0.3) is 5.91 Å². The van der Waals surface area contributed by atoms with Crippen molar-refractivity contribution in [1.82, 2.24) is 10.2 Å². The minimum Gasteiger partial charge on any atom is -0.480 e. The van der Waals surface area contributed by atoms with E-state index in [0.717, 1.165) is 5.56 Å². The molecular weight excluding hydrogens is 334 g/mol. The van der Waals surface area contributed by atoms with Crippen molar-refractivity contribution in [2.45, 2.75) is 6.04 Å². The predicted octanol–water partition coefficient (Wildman–Crippen LogP) is 0.701. The molecule has 0 spiro atoms. The van der Waals surface area contributed by atoms with Crippen molar-refractivity contribution in [2.24, 2.45) is 4.99 Å². The Labute approximate surface area is 141 Å². The van der Waals surface area contributed by atoms with Crippen LogP contribution in [0.2, 0.25) is 0 Å². The lowest BCUT2D eigenvalue weighted by Gasteiger charge is -2.21. The molecule has 1 aromatic rings. The molecule has 3 aliphatic heterocycles. The van der Waals surface area contributed by atoms with E-state index in [4.69, 9.17) is 9.47 Å². The molecule has 2 N–H and O–H groups in total. The Balaban J connectivity index is 1.60. The highest BCUT2D eigenvalue weighted by Crippen LogP contribution is 2.33. The largest absolute Gasteiger partial charge is 0.480 e. The second kappa shape index (κ2) is 5.75. The zero-order chi connectivity index (χ0) is 16.7. The first kappa shape index (κ1) is 14.9. The molecule has 0 aromatic heterocycles. The van der Waals surface area contributed by atoms with Gasteiger partial charge in [-0.05, 0) is 23.8 Å². The van der Waals surface area contributed by atoms with E-state index in [1.807, 2.05) is 0 Å². The summed E-state index contributed by atoms with van der Waals surface area (Å²) >= 11 is 1.49. The number of carbonyl (C=O) groups excluding carboxylic acids is 1. The molecule has 24 heavy (non-hydrogen) atoms. The van der Waals surface area contributed by atoms with Gasteiger partial charge in [-0.1, -0.05) is 6.07 Å². The summed E-state index contributed by atoms with van der Waals surface area (Å²) in [5.41, 5.74) is 0.977. The molecule has 8 nitrogen and oxygen atoms in total. The second-order valence-corrected chi connectivity index (χ2v) is 6.36. The first-order chi connectivity index (χ1) is 11.6. The van der Waals surface area contributed by atoms with Crippen LogP contribution in [0, 0.1) is 0 Å². The SMILES string of the molecule is O=C1NC(N2CSCC2C(=O)O)=NC1=Cc1ccc2c(c1)OCO2. The normalized spacial score (nSPS) is 23.6. The molecule has 1 fully saturated rings. The summed E-state index contributed by atoms with van der Waals surface area (Å²) in [6.45, 7) is 0.182. The summed E-state index contributed by atoms with van der Waals surface area (Å²) in [7, 11) is 0. The Morgan fingerprint density at radius 3 is 3.08 bits per heavy atom. The molecule has 1 saturated heterocycles. The number of thioether (sulfide) groups is 1. The van der Waals surface area contributed by atoms with Crippen molar-refractivity contribution in [3.05, 3.63) is 29.5 Å². The summed E-state index contributed by atoms with van der Waals surface area (Å²) in [6.07, 6.45) is 1.63. The number of hydrogen-bond donors (Lipinski definition) is 2. The lowest BCUT2D eigenvalue weighted by molar-refractivity contribution is -0.140. The minimum atomic E-state index is -0.926. The highest BCUT2D eigenvalue weighted by molar-refractivity contribution is 7.99. The standard InChI is InChI=1S/C15H13N3O5S/c19-13-9(3-8-1-2-11-12(4-8)23-7-22-11)16-15(17-13)18-6-24-5-10(18)14(20)21/h1-4,10H,5-7H2,(H,20,21)(H,16,17,19). The van der Waals surface area contributed by atoms with Gasteiger partial charge in [0.1, 0.15) is 11.7 Å². The molecule has 0 saturated carbocycles. The fourth-order valence-corrected chi connectivity index (χ4v) is 3.76. The zero-order valence-corrected chi connectivity index (χ0v) is 13.2. The maximum Gasteiger partial charge on any atom is 0.327 e. The molecule has 1 aromatic carbocycles. The van der Waals surface area contributed by atoms with Crippen LogP contribution in [0.15, 0.2) is 28.9 Å². The number of rotatable bonds is 2. The predicted molar refractivity (Wildman–Crippen MR) is 86.7 cm³/mol. The van der Waals surface area contributed by atoms with Crippen LogP contribution < -0.4 is 14.8 Å². The minimum absolute atomic E-state index is 0.182. The van der Waals surface area contributed by atoms with Crippen molar-refractivity contribution >= 4 is 35.7 Å². The van der Waals surface area contributed by atoms with E-state index in [9.17, 15) is 14.7 Å². The number of aliphatic imine (C=N–C) groups is 1. The molecule has 3 aliphatic rings. The van der Waals surface area contributed by atoms with Gasteiger partial charge < -0.3 is 19.5 Å². The third-order valence-corrected chi connectivity index (χ3v) is 4.84. The molecule has 0 aliphatic carbocycles. The second-order valence-electron chi connectivity index (χ2n) is 5.36. The molecular formula is C15H13N3O5S. The number of ether oxygens (including phenoxy) is 2. The summed E-state index contributed by atoms with van der Waals surface area (Å²) in [5, 5.41) is 11.9. The highest BCUT2D eigenvalue weighted by atomic mass is 32.2. The van der Waals surface area contributed by atoms with E-state index in [1.165, 1.54) is 11.8 Å². The average molecular weight is 347 g/mol. The lowest BCUT2D eigenvalue weighted by Crippen LogP contribution is -2.47. The molecule has 4 rings (SSSR count). The van der Waals surface area contributed by atoms with Crippen LogP contribution in [0.5, 0.6) is 11.5 Å². The van der Waals surface area contributed by atoms with Crippen LogP contribution in [0.3, 0.4) is 0 Å². The van der Waals surface area contributed by atoms with Crippen LogP contribution in [0.1, 0.15) is 5.56 Å². The van der Waals surface area contributed by atoms with Gasteiger partial charge in [0.15, 0.2) is 11.5 Å². The average Bonchev–Trinajstić information content (AvgIpc) is 3.26. The number of benzene rings is 1. The van der Waals surface area contributed by atoms with Crippen LogP contribution in [-0.2, 0) is 9.59 Å². The van der Waals surface area contributed by atoms with Gasteiger partial charge >= 0.3 is 5.97 Å². The van der Waals surface area contributed by atoms with Crippen molar-refractivity contribution < 1.29 is 24.2 Å². The molecule has 3 heterocycles. The maximum atomic E-state index is 12.1. The summed E-state index contributed by atoms with van der Waals surface area (Å²) < 4.78 is 10.6. The third-order valence-electron chi connectivity index (χ3n) is 3.82. The fourth-order valence-electron chi connectivity index (χ4n) is 2.61. The zero-order valence-electron chi connectivity index (χ0n) is 12.4. The number of nitrogens with zero attached hydrogens (tertiary/aromatic N) is 2. The van der Waals surface area contributed by atoms with E-state index >= 15 is 0 Å². The Morgan fingerprint density at radius 1 is 1.42 bits per heavy atom. The number of guanidine groups is 1. The highest BCUT2D eigenvalue weighted by Gasteiger charge is 2.36. The first-order valence-electron chi connectivity index (χ1n) is 7.20. The Morgan fingerprint density at radius 2 is 2.25 bits per heavy atom. The van der Waals surface area contributed by atoms with Crippen molar-refractivity contribution in [3.8, 4) is 11.5 Å². The quantitative estimate of drug-likeness (QED) is 0.760. The van der Waals surface area contributed by atoms with Gasteiger partial charge in [-0.3, -0.25) is 10.1 Å². The number of fused-ring (bicyclic) bond motifs is 1. The van der Waals surface area contributed by atoms with Gasteiger partial charge in [0, 0.05) is 5.75 Å². The number of aliphatic carboxylic acids is 1. The Bertz CT molecular complexity index is 791. The summed E-state index contributed by atoms with van der Waals surface area (Å²) in [4.78, 5) is 29.2. The number of nitrogens with one attached hydrogen (secondary N) is 1. The third kappa shape index (κ3) is 2.56. The molecule has 124 valence electrons. The fraction of sp³-hybridized carbons (Fsp3) is 0.267. The smallest absolute Gasteiger partial charge is 0.327 e. The number of carbonyl (C=O) groups is 2. The number of carboxylic acid groups (broad SMARTS) is 1. The lowest BCUT2D eigenvalue weighted by atomic mass is 10.1. The topological polar surface area (TPSA) is 100 Å². The van der Waals surface area contributed by atoms with Crippen LogP contribution in [-0.4, -0.2) is 52.3 Å². The van der Waals surface area contributed by atoms with Crippen LogP contribution in [0.25, 0.3) is 6.08 Å². The van der Waals surface area contributed by atoms with E-state index in [-0.39, 0.29) is 24.4 Å². The number of amides is 1. The van der Waals surface area contributed by atoms with E-state index < -0.39 is 12.0 Å². The first-order valence-corrected chi connectivity index (χ1v) is 8.36. The summed E-state index contributed by atoms with van der Waals surface area (Å²) in [5.74, 6) is 1.22. The van der Waals surface area contributed by atoms with Crippen LogP contribution >= 0.6 is 11.8 Å². The van der Waals surface area contributed by atoms with Gasteiger partial charge in [-0.2, -0.15) is 0 Å². The van der Waals surface area contributed by atoms with Gasteiger partial charge in [0.2, 0.25) is 12.8 Å². The molecule has 1 amide bonds. The maximum absolute atomic E-state index is 12.1. The van der Waals surface area contributed by atoms with Crippen molar-refractivity contribution in [1.29, 1.82) is 0 Å². The van der Waals surface area contributed by atoms with Crippen molar-refractivity contribution in [3.63, 3.8) is 0 Å². The number of carboxylic acids is 1. The van der Waals surface area contributed by atoms with E-state index in [0.29, 0.717) is 23.1 Å². The van der Waals surface area contributed by atoms with Crippen LogP contribution in [0.4, 0.5) is 0 Å². The van der Waals surface area contributed by atoms with Gasteiger partial charge in [-0.15, -0.1) is 11.8 Å². The molecule has 1 unspecified atom stereocenters. The van der Waals surface area contributed by atoms with E-state index in [2.05, 4.69) is 10.3 Å². The Hall–Kier alpha value is -2.68. The van der Waals surface area contributed by atoms with Gasteiger partial charge in [-0.25, -0.2) is 9.79 Å². The Kier molecular flexibility index (Phi) is 3.57. The van der Waals surface area contributed by atoms with Gasteiger partial charge in [0.05, 0.1) is 5.88 Å². The van der Waals surface area contributed by atoms with Crippen molar-refractivity contribution in [2.75, 3.05) is 18.4 Å². The summed E-state index contributed by atoms with van der Waals surface area (Å²) in [6, 6.07) is 4.65. The molecule has 0 radical (unpaired) electrons. The molecule has 9 heteroatoms. The number of hydrogen-bond acceptors (Lipinski definition) is 7. The molecule has 0 bridgehead atoms.